The van der Waals surface area contributed by atoms with Crippen LogP contribution < -0.4 is 10.1 Å². The number of ether oxygens (including phenoxy) is 1. The zero-order valence-electron chi connectivity index (χ0n) is 11.2. The molecule has 1 aliphatic heterocycles. The van der Waals surface area contributed by atoms with Crippen LogP contribution >= 0.6 is 0 Å². The second-order valence-corrected chi connectivity index (χ2v) is 6.48. The van der Waals surface area contributed by atoms with Gasteiger partial charge in [-0.15, -0.1) is 0 Å². The van der Waals surface area contributed by atoms with E-state index in [0.29, 0.717) is 5.92 Å². The highest BCUT2D eigenvalue weighted by Crippen LogP contribution is 2.75. The molecule has 4 rings (SSSR count). The van der Waals surface area contributed by atoms with Gasteiger partial charge in [0, 0.05) is 5.56 Å². The van der Waals surface area contributed by atoms with Gasteiger partial charge in [0.1, 0.15) is 5.60 Å². The number of hydrogen-bond donors (Lipinski definition) is 1. The first kappa shape index (κ1) is 11.1. The Hall–Kier alpha value is -1.77. The summed E-state index contributed by atoms with van der Waals surface area (Å²) >= 11 is 0. The number of rotatable bonds is 2. The van der Waals surface area contributed by atoms with Crippen molar-refractivity contribution in [3.05, 3.63) is 29.8 Å². The average Bonchev–Trinajstić information content (AvgIpc) is 3.17. The Labute approximate surface area is 112 Å². The predicted molar refractivity (Wildman–Crippen MR) is 74.0 cm³/mol. The maximum Gasteiger partial charge on any atom is 0.230 e. The van der Waals surface area contributed by atoms with Gasteiger partial charge in [-0.2, -0.15) is 0 Å². The van der Waals surface area contributed by atoms with Crippen LogP contribution in [0.5, 0.6) is 5.75 Å². The number of carbonyl (C=O) groups is 1. The topological polar surface area (TPSA) is 38.3 Å². The fourth-order valence-electron chi connectivity index (χ4n) is 2.81. The molecule has 2 aliphatic carbocycles. The van der Waals surface area contributed by atoms with E-state index in [1.807, 2.05) is 38.1 Å². The lowest BCUT2D eigenvalue weighted by Gasteiger charge is -2.29. The molecule has 1 amide bonds. The van der Waals surface area contributed by atoms with Gasteiger partial charge in [0.25, 0.3) is 0 Å². The molecule has 2 fully saturated rings. The van der Waals surface area contributed by atoms with E-state index in [-0.39, 0.29) is 16.9 Å². The molecule has 3 nitrogen and oxygen atoms in total. The second kappa shape index (κ2) is 3.21. The molecule has 0 aromatic heterocycles. The monoisotopic (exact) mass is 255 g/mol. The Morgan fingerprint density at radius 3 is 2.79 bits per heavy atom. The van der Waals surface area contributed by atoms with Crippen molar-refractivity contribution in [2.24, 2.45) is 11.3 Å². The molecule has 3 heteroatoms. The molecule has 1 aromatic rings. The number of carbonyl (C=O) groups excluding carboxylic acids is 1. The van der Waals surface area contributed by atoms with E-state index in [2.05, 4.69) is 11.4 Å². The number of para-hydroxylation sites is 1. The van der Waals surface area contributed by atoms with E-state index in [1.54, 1.807) is 0 Å². The van der Waals surface area contributed by atoms with Gasteiger partial charge >= 0.3 is 0 Å². The summed E-state index contributed by atoms with van der Waals surface area (Å²) in [4.78, 5) is 12.2. The first-order chi connectivity index (χ1) is 9.00. The Morgan fingerprint density at radius 2 is 2.11 bits per heavy atom. The van der Waals surface area contributed by atoms with Crippen molar-refractivity contribution in [2.75, 3.05) is 5.32 Å². The molecule has 1 aromatic carbocycles. The fourth-order valence-corrected chi connectivity index (χ4v) is 2.81. The van der Waals surface area contributed by atoms with Crippen molar-refractivity contribution in [3.63, 3.8) is 0 Å². The van der Waals surface area contributed by atoms with Crippen molar-refractivity contribution in [1.29, 1.82) is 0 Å². The van der Waals surface area contributed by atoms with Crippen LogP contribution in [0.3, 0.4) is 0 Å². The van der Waals surface area contributed by atoms with Gasteiger partial charge in [0.15, 0.2) is 5.75 Å². The minimum absolute atomic E-state index is 0.0112. The van der Waals surface area contributed by atoms with Gasteiger partial charge < -0.3 is 10.1 Å². The average molecular weight is 255 g/mol. The molecule has 0 saturated heterocycles. The molecular formula is C16H17NO2. The minimum Gasteiger partial charge on any atom is -0.481 e. The van der Waals surface area contributed by atoms with Gasteiger partial charge in [-0.25, -0.2) is 0 Å². The number of hydrogen-bond acceptors (Lipinski definition) is 2. The maximum atomic E-state index is 12.2. The van der Waals surface area contributed by atoms with Crippen LogP contribution in [0.1, 0.15) is 32.3 Å². The van der Waals surface area contributed by atoms with Crippen LogP contribution in [0, 0.1) is 11.3 Å². The zero-order chi connectivity index (χ0) is 13.3. The molecule has 3 aliphatic rings. The first-order valence-corrected chi connectivity index (χ1v) is 6.83. The summed E-state index contributed by atoms with van der Waals surface area (Å²) in [5, 5.41) is 3.05. The number of benzene rings is 1. The van der Waals surface area contributed by atoms with Crippen molar-refractivity contribution in [2.45, 2.75) is 32.3 Å². The van der Waals surface area contributed by atoms with Crippen molar-refractivity contribution in [3.8, 4) is 5.75 Å². The van der Waals surface area contributed by atoms with Crippen molar-refractivity contribution >= 4 is 17.7 Å². The van der Waals surface area contributed by atoms with Crippen molar-refractivity contribution < 1.29 is 9.53 Å². The summed E-state index contributed by atoms with van der Waals surface area (Å²) in [5.74, 6) is 1.61. The SMILES string of the molecule is CC1(C)C=Cc2cccc(NC(=O)C34CC3C4)c2O1. The van der Waals surface area contributed by atoms with E-state index in [0.717, 1.165) is 29.8 Å². The molecular weight excluding hydrogens is 238 g/mol. The van der Waals surface area contributed by atoms with E-state index in [9.17, 15) is 4.79 Å². The molecule has 0 radical (unpaired) electrons. The lowest BCUT2D eigenvalue weighted by atomic mass is 10.0. The quantitative estimate of drug-likeness (QED) is 0.881. The summed E-state index contributed by atoms with van der Waals surface area (Å²) in [7, 11) is 0. The molecule has 1 N–H and O–H groups in total. The highest BCUT2D eigenvalue weighted by atomic mass is 16.5. The Kier molecular flexibility index (Phi) is 1.88. The van der Waals surface area contributed by atoms with Gasteiger partial charge in [0.2, 0.25) is 5.91 Å². The third-order valence-electron chi connectivity index (χ3n) is 4.46. The van der Waals surface area contributed by atoms with E-state index in [4.69, 9.17) is 4.74 Å². The van der Waals surface area contributed by atoms with Gasteiger partial charge in [-0.05, 0) is 44.7 Å². The highest BCUT2D eigenvalue weighted by Gasteiger charge is 2.74. The Bertz CT molecular complexity index is 609. The summed E-state index contributed by atoms with van der Waals surface area (Å²) in [6, 6.07) is 5.88. The zero-order valence-corrected chi connectivity index (χ0v) is 11.2. The summed E-state index contributed by atoms with van der Waals surface area (Å²) in [5.41, 5.74) is 1.49. The van der Waals surface area contributed by atoms with Crippen LogP contribution in [0.4, 0.5) is 5.69 Å². The van der Waals surface area contributed by atoms with Gasteiger partial charge in [0.05, 0.1) is 11.1 Å². The minimum atomic E-state index is -0.326. The van der Waals surface area contributed by atoms with Crippen LogP contribution in [0.15, 0.2) is 24.3 Å². The Balaban J connectivity index is 1.66. The second-order valence-electron chi connectivity index (χ2n) is 6.48. The molecule has 0 atom stereocenters. The summed E-state index contributed by atoms with van der Waals surface area (Å²) in [6.07, 6.45) is 6.24. The van der Waals surface area contributed by atoms with Gasteiger partial charge in [-0.3, -0.25) is 4.79 Å². The largest absolute Gasteiger partial charge is 0.481 e. The standard InChI is InChI=1S/C16H17NO2/c1-15(2)7-6-10-4-3-5-12(13(10)19-15)17-14(18)16-8-11(16)9-16/h3-7,11H,8-9H2,1-2H3,(H,17,18). The molecule has 0 spiro atoms. The van der Waals surface area contributed by atoms with Crippen molar-refractivity contribution in [1.82, 2.24) is 0 Å². The fraction of sp³-hybridized carbons (Fsp3) is 0.438. The highest BCUT2D eigenvalue weighted by molar-refractivity contribution is 6.01. The molecule has 1 heterocycles. The molecule has 0 bridgehead atoms. The van der Waals surface area contributed by atoms with Crippen LogP contribution in [-0.4, -0.2) is 11.5 Å². The van der Waals surface area contributed by atoms with Crippen LogP contribution in [-0.2, 0) is 4.79 Å². The van der Waals surface area contributed by atoms with E-state index < -0.39 is 0 Å². The summed E-state index contributed by atoms with van der Waals surface area (Å²) < 4.78 is 6.00. The predicted octanol–water partition coefficient (Wildman–Crippen LogP) is 3.22. The molecule has 2 saturated carbocycles. The lowest BCUT2D eigenvalue weighted by molar-refractivity contribution is -0.119. The smallest absolute Gasteiger partial charge is 0.230 e. The summed E-state index contributed by atoms with van der Waals surface area (Å²) in [6.45, 7) is 4.03. The van der Waals surface area contributed by atoms with Gasteiger partial charge in [-0.1, -0.05) is 18.2 Å². The van der Waals surface area contributed by atoms with E-state index >= 15 is 0 Å². The Morgan fingerprint density at radius 1 is 1.37 bits per heavy atom. The lowest BCUT2D eigenvalue weighted by Crippen LogP contribution is -2.28. The number of nitrogens with one attached hydrogen (secondary N) is 1. The number of anilines is 1. The van der Waals surface area contributed by atoms with Crippen LogP contribution in [0.25, 0.3) is 6.08 Å². The normalized spacial score (nSPS) is 31.8. The number of fused-ring (bicyclic) bond motifs is 2. The van der Waals surface area contributed by atoms with E-state index in [1.165, 1.54) is 0 Å². The molecule has 0 unspecified atom stereocenters. The number of amides is 1. The molecule has 19 heavy (non-hydrogen) atoms. The molecule has 98 valence electrons. The first-order valence-electron chi connectivity index (χ1n) is 6.83. The van der Waals surface area contributed by atoms with Crippen LogP contribution in [0.2, 0.25) is 0 Å². The third kappa shape index (κ3) is 1.61. The maximum absolute atomic E-state index is 12.2. The third-order valence-corrected chi connectivity index (χ3v) is 4.46.